The molecule has 5 rings (SSSR count). The topological polar surface area (TPSA) is 105 Å². The quantitative estimate of drug-likeness (QED) is 0.200. The summed E-state index contributed by atoms with van der Waals surface area (Å²) in [6.07, 6.45) is 10.2. The lowest BCUT2D eigenvalue weighted by Gasteiger charge is -2.39. The van der Waals surface area contributed by atoms with Gasteiger partial charge in [-0.15, -0.1) is 0 Å². The van der Waals surface area contributed by atoms with E-state index in [0.717, 1.165) is 82.3 Å². The molecule has 232 valence electrons. The van der Waals surface area contributed by atoms with Crippen molar-refractivity contribution in [1.82, 2.24) is 15.7 Å². The maximum Gasteiger partial charge on any atom is 0.243 e. The summed E-state index contributed by atoms with van der Waals surface area (Å²) in [5, 5.41) is 16.6. The number of carbonyl (C=O) groups excluding carboxylic acids is 3. The molecule has 1 saturated heterocycles. The standard InChI is InChI=1S/C32H48FN5O4/c1-32(2,3)29(35-30(40)22(19-37(42)20-39)16-21-8-4-5-9-21)31(41)34-26-12-15-38(23-10-11-23)27-18-28(25(33)17-24(26)27)36-13-6-7-14-36/h17-18,20-23,26,29,42H,4-16,19H2,1-3H3,(H,34,41)(H,35,40)/t22-,26?,29-/m1/s1. The first-order valence-electron chi connectivity index (χ1n) is 15.9. The van der Waals surface area contributed by atoms with Gasteiger partial charge in [0.15, 0.2) is 0 Å². The number of amides is 3. The Morgan fingerprint density at radius 3 is 2.33 bits per heavy atom. The molecule has 1 unspecified atom stereocenters. The van der Waals surface area contributed by atoms with Crippen LogP contribution in [0.1, 0.15) is 96.6 Å². The number of carbonyl (C=O) groups is 3. The highest BCUT2D eigenvalue weighted by molar-refractivity contribution is 5.89. The second kappa shape index (κ2) is 12.8. The fraction of sp³-hybridized carbons (Fsp3) is 0.719. The maximum absolute atomic E-state index is 15.5. The van der Waals surface area contributed by atoms with Crippen molar-refractivity contribution >= 4 is 29.6 Å². The number of rotatable bonds is 11. The molecule has 0 bridgehead atoms. The van der Waals surface area contributed by atoms with Crippen molar-refractivity contribution in [1.29, 1.82) is 0 Å². The lowest BCUT2D eigenvalue weighted by molar-refractivity contribution is -0.155. The van der Waals surface area contributed by atoms with Crippen molar-refractivity contribution in [3.63, 3.8) is 0 Å². The SMILES string of the molecule is CC(C)(C)[C@H](NC(=O)[C@H](CC1CCCC1)CN(O)C=O)C(=O)NC1CCN(C2CC2)c2cc(N3CCCC3)c(F)cc21. The van der Waals surface area contributed by atoms with Crippen LogP contribution in [0.3, 0.4) is 0 Å². The monoisotopic (exact) mass is 585 g/mol. The van der Waals surface area contributed by atoms with Gasteiger partial charge in [-0.05, 0) is 62.0 Å². The second-order valence-corrected chi connectivity index (χ2v) is 13.9. The average molecular weight is 586 g/mol. The van der Waals surface area contributed by atoms with E-state index in [1.165, 1.54) is 0 Å². The highest BCUT2D eigenvalue weighted by Gasteiger charge is 2.40. The van der Waals surface area contributed by atoms with Gasteiger partial charge < -0.3 is 20.4 Å². The minimum Gasteiger partial charge on any atom is -0.369 e. The molecule has 9 nitrogen and oxygen atoms in total. The molecule has 1 aromatic carbocycles. The Morgan fingerprint density at radius 2 is 1.71 bits per heavy atom. The normalized spacial score (nSPS) is 22.5. The number of nitrogens with zero attached hydrogens (tertiary/aromatic N) is 3. The van der Waals surface area contributed by atoms with E-state index in [1.54, 1.807) is 6.07 Å². The summed E-state index contributed by atoms with van der Waals surface area (Å²) in [5.74, 6) is -1.18. The Morgan fingerprint density at radius 1 is 1.02 bits per heavy atom. The molecule has 42 heavy (non-hydrogen) atoms. The zero-order valence-corrected chi connectivity index (χ0v) is 25.4. The third kappa shape index (κ3) is 7.01. The van der Waals surface area contributed by atoms with E-state index in [4.69, 9.17) is 0 Å². The Hall–Kier alpha value is -2.88. The smallest absolute Gasteiger partial charge is 0.243 e. The second-order valence-electron chi connectivity index (χ2n) is 13.9. The molecular formula is C32H48FN5O4. The lowest BCUT2D eigenvalue weighted by Crippen LogP contribution is -2.56. The van der Waals surface area contributed by atoms with E-state index in [9.17, 15) is 19.6 Å². The third-order valence-corrected chi connectivity index (χ3v) is 9.60. The van der Waals surface area contributed by atoms with Crippen LogP contribution in [0.4, 0.5) is 15.8 Å². The van der Waals surface area contributed by atoms with Crippen molar-refractivity contribution < 1.29 is 24.0 Å². The van der Waals surface area contributed by atoms with Gasteiger partial charge in [0.2, 0.25) is 18.2 Å². The number of fused-ring (bicyclic) bond motifs is 1. The van der Waals surface area contributed by atoms with Crippen LogP contribution >= 0.6 is 0 Å². The summed E-state index contributed by atoms with van der Waals surface area (Å²) in [5.41, 5.74) is 1.83. The number of benzene rings is 1. The van der Waals surface area contributed by atoms with Crippen LogP contribution < -0.4 is 20.4 Å². The summed E-state index contributed by atoms with van der Waals surface area (Å²) in [6.45, 7) is 8.08. The van der Waals surface area contributed by atoms with E-state index in [2.05, 4.69) is 20.4 Å². The zero-order chi connectivity index (χ0) is 30.0. The molecule has 3 N–H and O–H groups in total. The van der Waals surface area contributed by atoms with E-state index in [1.807, 2.05) is 26.8 Å². The minimum atomic E-state index is -0.849. The number of nitrogens with one attached hydrogen (secondary N) is 2. The van der Waals surface area contributed by atoms with Crippen molar-refractivity contribution in [2.45, 2.75) is 103 Å². The van der Waals surface area contributed by atoms with E-state index < -0.39 is 17.4 Å². The van der Waals surface area contributed by atoms with Gasteiger partial charge >= 0.3 is 0 Å². The van der Waals surface area contributed by atoms with Crippen LogP contribution in [-0.4, -0.2) is 66.8 Å². The summed E-state index contributed by atoms with van der Waals surface area (Å²) >= 11 is 0. The first kappa shape index (κ1) is 30.6. The highest BCUT2D eigenvalue weighted by atomic mass is 19.1. The molecule has 0 spiro atoms. The Kier molecular flexibility index (Phi) is 9.30. The predicted octanol–water partition coefficient (Wildman–Crippen LogP) is 4.53. The molecule has 2 aliphatic heterocycles. The van der Waals surface area contributed by atoms with Gasteiger partial charge in [-0.25, -0.2) is 9.45 Å². The molecule has 4 aliphatic rings. The summed E-state index contributed by atoms with van der Waals surface area (Å²) < 4.78 is 15.5. The average Bonchev–Trinajstić information content (AvgIpc) is 3.39. The van der Waals surface area contributed by atoms with Crippen LogP contribution in [-0.2, 0) is 14.4 Å². The van der Waals surface area contributed by atoms with Crippen molar-refractivity contribution in [3.05, 3.63) is 23.5 Å². The predicted molar refractivity (Wildman–Crippen MR) is 160 cm³/mol. The summed E-state index contributed by atoms with van der Waals surface area (Å²) in [6, 6.07) is 2.84. The van der Waals surface area contributed by atoms with E-state index in [0.29, 0.717) is 42.0 Å². The highest BCUT2D eigenvalue weighted by Crippen LogP contribution is 2.44. The van der Waals surface area contributed by atoms with Crippen molar-refractivity contribution in [2.75, 3.05) is 36.0 Å². The Balaban J connectivity index is 1.34. The number of hydrogen-bond donors (Lipinski definition) is 3. The van der Waals surface area contributed by atoms with Gasteiger partial charge in [-0.1, -0.05) is 46.5 Å². The summed E-state index contributed by atoms with van der Waals surface area (Å²) in [7, 11) is 0. The van der Waals surface area contributed by atoms with Crippen molar-refractivity contribution in [2.24, 2.45) is 17.3 Å². The van der Waals surface area contributed by atoms with Gasteiger partial charge in [0.25, 0.3) is 0 Å². The van der Waals surface area contributed by atoms with Crippen molar-refractivity contribution in [3.8, 4) is 0 Å². The molecule has 2 aliphatic carbocycles. The lowest BCUT2D eigenvalue weighted by atomic mass is 9.84. The molecular weight excluding hydrogens is 537 g/mol. The molecule has 0 radical (unpaired) electrons. The summed E-state index contributed by atoms with van der Waals surface area (Å²) in [4.78, 5) is 43.1. The van der Waals surface area contributed by atoms with Crippen LogP contribution in [0.15, 0.2) is 12.1 Å². The maximum atomic E-state index is 15.5. The van der Waals surface area contributed by atoms with Gasteiger partial charge in [0.1, 0.15) is 11.9 Å². The van der Waals surface area contributed by atoms with Gasteiger partial charge in [0.05, 0.1) is 24.2 Å². The Labute approximate surface area is 249 Å². The Bertz CT molecular complexity index is 1140. The third-order valence-electron chi connectivity index (χ3n) is 9.60. The van der Waals surface area contributed by atoms with Gasteiger partial charge in [-0.2, -0.15) is 0 Å². The molecule has 3 amide bonds. The number of hydroxylamine groups is 2. The first-order chi connectivity index (χ1) is 20.0. The molecule has 2 saturated carbocycles. The molecule has 10 heteroatoms. The number of halogens is 1. The van der Waals surface area contributed by atoms with Gasteiger partial charge in [-0.3, -0.25) is 19.6 Å². The van der Waals surface area contributed by atoms with Gasteiger partial charge in [0, 0.05) is 36.9 Å². The number of anilines is 2. The fourth-order valence-electron chi connectivity index (χ4n) is 7.13. The minimum absolute atomic E-state index is 0.115. The van der Waals surface area contributed by atoms with E-state index >= 15 is 4.39 Å². The van der Waals surface area contributed by atoms with E-state index in [-0.39, 0.29) is 30.2 Å². The molecule has 2 heterocycles. The first-order valence-corrected chi connectivity index (χ1v) is 15.9. The number of hydrogen-bond acceptors (Lipinski definition) is 6. The molecule has 0 aromatic heterocycles. The molecule has 1 aromatic rings. The molecule has 3 fully saturated rings. The zero-order valence-electron chi connectivity index (χ0n) is 25.4. The fourth-order valence-corrected chi connectivity index (χ4v) is 7.13. The largest absolute Gasteiger partial charge is 0.369 e. The van der Waals surface area contributed by atoms with Crippen LogP contribution in [0, 0.1) is 23.1 Å². The molecule has 3 atom stereocenters. The van der Waals surface area contributed by atoms with Crippen LogP contribution in [0.2, 0.25) is 0 Å². The van der Waals surface area contributed by atoms with Crippen LogP contribution in [0.25, 0.3) is 0 Å². The van der Waals surface area contributed by atoms with Crippen LogP contribution in [0.5, 0.6) is 0 Å².